The van der Waals surface area contributed by atoms with Crippen molar-refractivity contribution in [3.63, 3.8) is 0 Å². The Morgan fingerprint density at radius 1 is 1.25 bits per heavy atom. The highest BCUT2D eigenvalue weighted by molar-refractivity contribution is 5.76. The Balaban J connectivity index is 2.66. The summed E-state index contributed by atoms with van der Waals surface area (Å²) >= 11 is 0. The lowest BCUT2D eigenvalue weighted by molar-refractivity contribution is -0.121. The Labute approximate surface area is 119 Å². The lowest BCUT2D eigenvalue weighted by Gasteiger charge is -2.16. The van der Waals surface area contributed by atoms with Gasteiger partial charge in [-0.25, -0.2) is 15.8 Å². The first-order valence-corrected chi connectivity index (χ1v) is 6.80. The third-order valence-corrected chi connectivity index (χ3v) is 2.69. The number of rotatable bonds is 7. The van der Waals surface area contributed by atoms with Crippen LogP contribution in [0, 0.1) is 0 Å². The lowest BCUT2D eigenvalue weighted by atomic mass is 10.0. The minimum absolute atomic E-state index is 0.0184. The van der Waals surface area contributed by atoms with Gasteiger partial charge in [0.25, 0.3) is 0 Å². The van der Waals surface area contributed by atoms with Crippen LogP contribution >= 0.6 is 0 Å². The predicted molar refractivity (Wildman–Crippen MR) is 80.3 cm³/mol. The van der Waals surface area contributed by atoms with Crippen LogP contribution in [-0.4, -0.2) is 28.5 Å². The van der Waals surface area contributed by atoms with Gasteiger partial charge in [-0.05, 0) is 19.8 Å². The van der Waals surface area contributed by atoms with Crippen molar-refractivity contribution < 1.29 is 4.79 Å². The van der Waals surface area contributed by atoms with E-state index in [9.17, 15) is 4.79 Å². The summed E-state index contributed by atoms with van der Waals surface area (Å²) in [6, 6.07) is 0.154. The Hall–Kier alpha value is -1.89. The number of amides is 1. The molecule has 0 fully saturated rings. The molecule has 1 aromatic heterocycles. The van der Waals surface area contributed by atoms with Crippen LogP contribution in [0.4, 0.5) is 11.6 Å². The average molecular weight is 280 g/mol. The Morgan fingerprint density at radius 2 is 1.90 bits per heavy atom. The van der Waals surface area contributed by atoms with Gasteiger partial charge in [-0.2, -0.15) is 0 Å². The third kappa shape index (κ3) is 4.65. The molecule has 7 nitrogen and oxygen atoms in total. The number of carbonyl (C=O) groups excluding carboxylic acids is 1. The van der Waals surface area contributed by atoms with Crippen molar-refractivity contribution in [2.24, 2.45) is 5.84 Å². The number of hydrogen-bond donors (Lipinski definition) is 4. The molecule has 0 unspecified atom stereocenters. The number of nitrogens with zero attached hydrogens (tertiary/aromatic N) is 2. The standard InChI is InChI=1S/C13H24N6O/c1-8(2)11-12(16-7-17-13(11)19-14)15-6-5-10(20)18-9(3)4/h7-9H,5-6,14H2,1-4H3,(H,18,20)(H2,15,16,17,19). The molecular formula is C13H24N6O. The number of hydrazine groups is 1. The topological polar surface area (TPSA) is 105 Å². The number of carbonyl (C=O) groups is 1. The fourth-order valence-electron chi connectivity index (χ4n) is 1.89. The molecule has 0 saturated carbocycles. The van der Waals surface area contributed by atoms with Crippen molar-refractivity contribution in [1.82, 2.24) is 15.3 Å². The second-order valence-electron chi connectivity index (χ2n) is 5.18. The largest absolute Gasteiger partial charge is 0.369 e. The van der Waals surface area contributed by atoms with E-state index in [0.717, 1.165) is 5.56 Å². The molecule has 0 aliphatic heterocycles. The zero-order chi connectivity index (χ0) is 15.1. The van der Waals surface area contributed by atoms with Crippen LogP contribution < -0.4 is 21.9 Å². The number of nitrogens with two attached hydrogens (primary N) is 1. The molecule has 1 rings (SSSR count). The maximum Gasteiger partial charge on any atom is 0.221 e. The Bertz CT molecular complexity index is 446. The minimum Gasteiger partial charge on any atom is -0.369 e. The van der Waals surface area contributed by atoms with Crippen molar-refractivity contribution in [2.75, 3.05) is 17.3 Å². The van der Waals surface area contributed by atoms with Gasteiger partial charge >= 0.3 is 0 Å². The monoisotopic (exact) mass is 280 g/mol. The van der Waals surface area contributed by atoms with E-state index in [0.29, 0.717) is 24.6 Å². The third-order valence-electron chi connectivity index (χ3n) is 2.69. The van der Waals surface area contributed by atoms with Crippen LogP contribution in [0.5, 0.6) is 0 Å². The van der Waals surface area contributed by atoms with E-state index in [1.807, 2.05) is 27.7 Å². The summed E-state index contributed by atoms with van der Waals surface area (Å²) in [6.45, 7) is 8.46. The minimum atomic E-state index is 0.0184. The Kier molecular flexibility index (Phi) is 6.17. The SMILES string of the molecule is CC(C)NC(=O)CCNc1ncnc(NN)c1C(C)C. The highest BCUT2D eigenvalue weighted by Crippen LogP contribution is 2.27. The number of nitrogen functional groups attached to an aromatic ring is 1. The van der Waals surface area contributed by atoms with Crippen LogP contribution in [-0.2, 0) is 4.79 Å². The summed E-state index contributed by atoms with van der Waals surface area (Å²) < 4.78 is 0. The zero-order valence-electron chi connectivity index (χ0n) is 12.5. The maximum absolute atomic E-state index is 11.6. The molecule has 7 heteroatoms. The van der Waals surface area contributed by atoms with Gasteiger partial charge in [0.15, 0.2) is 0 Å². The predicted octanol–water partition coefficient (Wildman–Crippen LogP) is 1.21. The van der Waals surface area contributed by atoms with E-state index in [-0.39, 0.29) is 17.9 Å². The summed E-state index contributed by atoms with van der Waals surface area (Å²) in [6.07, 6.45) is 1.84. The van der Waals surface area contributed by atoms with Gasteiger partial charge in [-0.3, -0.25) is 4.79 Å². The van der Waals surface area contributed by atoms with E-state index in [4.69, 9.17) is 5.84 Å². The Morgan fingerprint density at radius 3 is 2.45 bits per heavy atom. The van der Waals surface area contributed by atoms with Crippen LogP contribution in [0.3, 0.4) is 0 Å². The molecule has 1 amide bonds. The van der Waals surface area contributed by atoms with Gasteiger partial charge in [0.2, 0.25) is 5.91 Å². The fraction of sp³-hybridized carbons (Fsp3) is 0.615. The van der Waals surface area contributed by atoms with Crippen molar-refractivity contribution in [3.8, 4) is 0 Å². The quantitative estimate of drug-likeness (QED) is 0.442. The number of anilines is 2. The van der Waals surface area contributed by atoms with Crippen LogP contribution in [0.25, 0.3) is 0 Å². The molecule has 0 aliphatic rings. The first-order chi connectivity index (χ1) is 9.45. The second-order valence-corrected chi connectivity index (χ2v) is 5.18. The molecule has 1 heterocycles. The van der Waals surface area contributed by atoms with E-state index >= 15 is 0 Å². The van der Waals surface area contributed by atoms with E-state index < -0.39 is 0 Å². The molecule has 0 bridgehead atoms. The second kappa shape index (κ2) is 7.64. The molecular weight excluding hydrogens is 256 g/mol. The molecule has 0 aliphatic carbocycles. The molecule has 0 aromatic carbocycles. The summed E-state index contributed by atoms with van der Waals surface area (Å²) in [5.74, 6) is 7.00. The van der Waals surface area contributed by atoms with Crippen LogP contribution in [0.1, 0.15) is 45.6 Å². The number of aromatic nitrogens is 2. The molecule has 0 spiro atoms. The molecule has 112 valence electrons. The van der Waals surface area contributed by atoms with Crippen LogP contribution in [0.15, 0.2) is 6.33 Å². The normalized spacial score (nSPS) is 10.8. The van der Waals surface area contributed by atoms with Crippen molar-refractivity contribution in [1.29, 1.82) is 0 Å². The molecule has 1 aromatic rings. The van der Waals surface area contributed by atoms with Crippen molar-refractivity contribution >= 4 is 17.5 Å². The molecule has 0 saturated heterocycles. The van der Waals surface area contributed by atoms with Gasteiger partial charge in [-0.1, -0.05) is 13.8 Å². The first kappa shape index (κ1) is 16.2. The summed E-state index contributed by atoms with van der Waals surface area (Å²) in [5, 5.41) is 6.01. The van der Waals surface area contributed by atoms with E-state index in [1.165, 1.54) is 6.33 Å². The van der Waals surface area contributed by atoms with Gasteiger partial charge in [0.05, 0.1) is 0 Å². The van der Waals surface area contributed by atoms with E-state index in [2.05, 4.69) is 26.0 Å². The lowest BCUT2D eigenvalue weighted by Crippen LogP contribution is -2.31. The molecule has 20 heavy (non-hydrogen) atoms. The highest BCUT2D eigenvalue weighted by atomic mass is 16.1. The first-order valence-electron chi connectivity index (χ1n) is 6.80. The average Bonchev–Trinajstić information content (AvgIpc) is 2.37. The molecule has 5 N–H and O–H groups in total. The van der Waals surface area contributed by atoms with Crippen molar-refractivity contribution in [2.45, 2.75) is 46.1 Å². The summed E-state index contributed by atoms with van der Waals surface area (Å²) in [5.41, 5.74) is 3.49. The summed E-state index contributed by atoms with van der Waals surface area (Å²) in [4.78, 5) is 19.9. The molecule has 0 radical (unpaired) electrons. The maximum atomic E-state index is 11.6. The van der Waals surface area contributed by atoms with Gasteiger partial charge in [0.1, 0.15) is 18.0 Å². The van der Waals surface area contributed by atoms with Gasteiger partial charge in [0, 0.05) is 24.6 Å². The summed E-state index contributed by atoms with van der Waals surface area (Å²) in [7, 11) is 0. The fourth-order valence-corrected chi connectivity index (χ4v) is 1.89. The van der Waals surface area contributed by atoms with Crippen molar-refractivity contribution in [3.05, 3.63) is 11.9 Å². The highest BCUT2D eigenvalue weighted by Gasteiger charge is 2.14. The number of hydrogen-bond acceptors (Lipinski definition) is 6. The number of nitrogens with one attached hydrogen (secondary N) is 3. The van der Waals surface area contributed by atoms with E-state index in [1.54, 1.807) is 0 Å². The van der Waals surface area contributed by atoms with Gasteiger partial charge < -0.3 is 16.1 Å². The van der Waals surface area contributed by atoms with Gasteiger partial charge in [-0.15, -0.1) is 0 Å². The smallest absolute Gasteiger partial charge is 0.221 e. The molecule has 0 atom stereocenters. The zero-order valence-corrected chi connectivity index (χ0v) is 12.5. The van der Waals surface area contributed by atoms with Crippen LogP contribution in [0.2, 0.25) is 0 Å².